The van der Waals surface area contributed by atoms with Crippen LogP contribution in [-0.2, 0) is 9.59 Å². The Hall–Kier alpha value is -1.79. The van der Waals surface area contributed by atoms with Crippen LogP contribution in [0.1, 0.15) is 20.8 Å². The molecule has 0 heterocycles. The Morgan fingerprint density at radius 2 is 2.00 bits per heavy atom. The van der Waals surface area contributed by atoms with Crippen molar-refractivity contribution in [2.45, 2.75) is 26.8 Å². The molecule has 0 radical (unpaired) electrons. The molecule has 0 aliphatic heterocycles. The van der Waals surface area contributed by atoms with Crippen molar-refractivity contribution in [1.82, 2.24) is 4.90 Å². The van der Waals surface area contributed by atoms with Crippen LogP contribution in [0.25, 0.3) is 0 Å². The molecule has 0 aliphatic carbocycles. The summed E-state index contributed by atoms with van der Waals surface area (Å²) < 4.78 is 5.10. The molecule has 7 heteroatoms. The quantitative estimate of drug-likeness (QED) is 0.791. The van der Waals surface area contributed by atoms with Crippen LogP contribution in [-0.4, -0.2) is 43.0 Å². The largest absolute Gasteiger partial charge is 0.497 e. The molecule has 0 saturated heterocycles. The lowest BCUT2D eigenvalue weighted by molar-refractivity contribution is -0.136. The number of benzene rings is 1. The summed E-state index contributed by atoms with van der Waals surface area (Å²) in [4.78, 5) is 25.8. The van der Waals surface area contributed by atoms with Gasteiger partial charge in [0.15, 0.2) is 0 Å². The summed E-state index contributed by atoms with van der Waals surface area (Å²) in [6, 6.07) is 6.46. The number of carbonyl (C=O) groups excluding carboxylic acids is 2. The molecule has 0 aliphatic rings. The minimum Gasteiger partial charge on any atom is -0.497 e. The number of nitrogens with zero attached hydrogens (tertiary/aromatic N) is 1. The van der Waals surface area contributed by atoms with Crippen molar-refractivity contribution in [3.05, 3.63) is 24.3 Å². The van der Waals surface area contributed by atoms with Crippen LogP contribution >= 0.6 is 12.4 Å². The number of hydrogen-bond acceptors (Lipinski definition) is 4. The Bertz CT molecular complexity index is 523. The first kappa shape index (κ1) is 21.2. The molecule has 1 aromatic carbocycles. The van der Waals surface area contributed by atoms with Crippen LogP contribution in [0.15, 0.2) is 24.3 Å². The summed E-state index contributed by atoms with van der Waals surface area (Å²) >= 11 is 0. The number of nitrogens with one attached hydrogen (secondary N) is 1. The molecule has 1 aromatic rings. The number of methoxy groups -OCH3 is 1. The SMILES string of the molecule is CCN(CC(=O)Nc1cccc(OC)c1)C(=O)C(N)C(C)C.Cl. The lowest BCUT2D eigenvalue weighted by atomic mass is 10.0. The molecular formula is C16H26ClN3O3. The van der Waals surface area contributed by atoms with Gasteiger partial charge in [0, 0.05) is 18.3 Å². The van der Waals surface area contributed by atoms with E-state index in [1.54, 1.807) is 31.4 Å². The van der Waals surface area contributed by atoms with E-state index in [0.717, 1.165) is 0 Å². The number of rotatable bonds is 7. The molecule has 0 spiro atoms. The van der Waals surface area contributed by atoms with Gasteiger partial charge in [0.25, 0.3) is 0 Å². The second-order valence-corrected chi connectivity index (χ2v) is 5.40. The number of halogens is 1. The van der Waals surface area contributed by atoms with E-state index in [-0.39, 0.29) is 36.7 Å². The molecule has 1 atom stereocenters. The third kappa shape index (κ3) is 6.46. The number of carbonyl (C=O) groups is 2. The van der Waals surface area contributed by atoms with Gasteiger partial charge in [0.1, 0.15) is 5.75 Å². The Balaban J connectivity index is 0.00000484. The normalized spacial score (nSPS) is 11.4. The standard InChI is InChI=1S/C16H25N3O3.ClH/c1-5-19(16(21)15(17)11(2)3)10-14(20)18-12-7-6-8-13(9-12)22-4;/h6-9,11,15H,5,10,17H2,1-4H3,(H,18,20);1H. The van der Waals surface area contributed by atoms with E-state index in [4.69, 9.17) is 10.5 Å². The zero-order valence-electron chi connectivity index (χ0n) is 14.0. The van der Waals surface area contributed by atoms with Crippen molar-refractivity contribution in [2.75, 3.05) is 25.5 Å². The predicted molar refractivity (Wildman–Crippen MR) is 93.9 cm³/mol. The molecule has 23 heavy (non-hydrogen) atoms. The first-order valence-corrected chi connectivity index (χ1v) is 7.37. The van der Waals surface area contributed by atoms with Crippen molar-refractivity contribution in [1.29, 1.82) is 0 Å². The number of hydrogen-bond donors (Lipinski definition) is 2. The maximum atomic E-state index is 12.2. The van der Waals surface area contributed by atoms with Crippen LogP contribution in [0.2, 0.25) is 0 Å². The fourth-order valence-electron chi connectivity index (χ4n) is 1.92. The van der Waals surface area contributed by atoms with Gasteiger partial charge in [-0.25, -0.2) is 0 Å². The van der Waals surface area contributed by atoms with Crippen LogP contribution in [0.4, 0.5) is 5.69 Å². The van der Waals surface area contributed by atoms with E-state index in [1.807, 2.05) is 20.8 Å². The highest BCUT2D eigenvalue weighted by Crippen LogP contribution is 2.16. The number of ether oxygens (including phenoxy) is 1. The van der Waals surface area contributed by atoms with E-state index in [9.17, 15) is 9.59 Å². The van der Waals surface area contributed by atoms with E-state index in [2.05, 4.69) is 5.32 Å². The predicted octanol–water partition coefficient (Wildman–Crippen LogP) is 1.89. The fourth-order valence-corrected chi connectivity index (χ4v) is 1.92. The summed E-state index contributed by atoms with van der Waals surface area (Å²) in [5, 5.41) is 2.75. The summed E-state index contributed by atoms with van der Waals surface area (Å²) in [5.74, 6) is 0.212. The average Bonchev–Trinajstić information content (AvgIpc) is 2.51. The summed E-state index contributed by atoms with van der Waals surface area (Å²) in [7, 11) is 1.56. The maximum Gasteiger partial charge on any atom is 0.243 e. The summed E-state index contributed by atoms with van der Waals surface area (Å²) in [6.45, 7) is 6.00. The van der Waals surface area contributed by atoms with Gasteiger partial charge in [0.2, 0.25) is 11.8 Å². The van der Waals surface area contributed by atoms with Gasteiger partial charge in [-0.2, -0.15) is 0 Å². The molecule has 2 amide bonds. The van der Waals surface area contributed by atoms with Crippen LogP contribution in [0.3, 0.4) is 0 Å². The van der Waals surface area contributed by atoms with E-state index >= 15 is 0 Å². The summed E-state index contributed by atoms with van der Waals surface area (Å²) in [5.41, 5.74) is 6.49. The van der Waals surface area contributed by atoms with Crippen molar-refractivity contribution in [3.8, 4) is 5.75 Å². The van der Waals surface area contributed by atoms with Gasteiger partial charge in [-0.05, 0) is 25.0 Å². The smallest absolute Gasteiger partial charge is 0.243 e. The zero-order chi connectivity index (χ0) is 16.7. The van der Waals surface area contributed by atoms with Crippen LogP contribution in [0.5, 0.6) is 5.75 Å². The van der Waals surface area contributed by atoms with Crippen molar-refractivity contribution in [2.24, 2.45) is 11.7 Å². The topological polar surface area (TPSA) is 84.7 Å². The van der Waals surface area contributed by atoms with Crippen LogP contribution < -0.4 is 15.8 Å². The molecule has 0 saturated carbocycles. The minimum absolute atomic E-state index is 0. The average molecular weight is 344 g/mol. The van der Waals surface area contributed by atoms with Gasteiger partial charge in [0.05, 0.1) is 19.7 Å². The number of likely N-dealkylation sites (N-methyl/N-ethyl adjacent to an activating group) is 1. The molecule has 0 aromatic heterocycles. The van der Waals surface area contributed by atoms with Gasteiger partial charge < -0.3 is 20.7 Å². The molecule has 1 unspecified atom stereocenters. The van der Waals surface area contributed by atoms with Gasteiger partial charge >= 0.3 is 0 Å². The van der Waals surface area contributed by atoms with Crippen molar-refractivity contribution in [3.63, 3.8) is 0 Å². The highest BCUT2D eigenvalue weighted by molar-refractivity contribution is 5.95. The highest BCUT2D eigenvalue weighted by Gasteiger charge is 2.24. The second kappa shape index (κ2) is 10.1. The first-order chi connectivity index (χ1) is 10.4. The third-order valence-electron chi connectivity index (χ3n) is 3.38. The Morgan fingerprint density at radius 1 is 1.35 bits per heavy atom. The first-order valence-electron chi connectivity index (χ1n) is 7.37. The number of anilines is 1. The maximum absolute atomic E-state index is 12.2. The van der Waals surface area contributed by atoms with E-state index in [0.29, 0.717) is 18.0 Å². The third-order valence-corrected chi connectivity index (χ3v) is 3.38. The molecule has 6 nitrogen and oxygen atoms in total. The number of nitrogens with two attached hydrogens (primary N) is 1. The summed E-state index contributed by atoms with van der Waals surface area (Å²) in [6.07, 6.45) is 0. The molecule has 0 fully saturated rings. The molecule has 130 valence electrons. The second-order valence-electron chi connectivity index (χ2n) is 5.40. The molecule has 0 bridgehead atoms. The Labute approximate surface area is 143 Å². The van der Waals surface area contributed by atoms with E-state index < -0.39 is 6.04 Å². The van der Waals surface area contributed by atoms with E-state index in [1.165, 1.54) is 4.90 Å². The van der Waals surface area contributed by atoms with Crippen molar-refractivity contribution < 1.29 is 14.3 Å². The molecule has 3 N–H and O–H groups in total. The zero-order valence-corrected chi connectivity index (χ0v) is 14.9. The number of amides is 2. The fraction of sp³-hybridized carbons (Fsp3) is 0.500. The molecular weight excluding hydrogens is 318 g/mol. The minimum atomic E-state index is -0.593. The van der Waals surface area contributed by atoms with Gasteiger partial charge in [-0.3, -0.25) is 9.59 Å². The highest BCUT2D eigenvalue weighted by atomic mass is 35.5. The van der Waals surface area contributed by atoms with Crippen molar-refractivity contribution >= 4 is 29.9 Å². The Morgan fingerprint density at radius 3 is 2.52 bits per heavy atom. The Kier molecular flexibility index (Phi) is 9.29. The molecule has 1 rings (SSSR count). The van der Waals surface area contributed by atoms with Crippen LogP contribution in [0, 0.1) is 5.92 Å². The lowest BCUT2D eigenvalue weighted by Crippen LogP contribution is -2.48. The van der Waals surface area contributed by atoms with Gasteiger partial charge in [-0.1, -0.05) is 19.9 Å². The monoisotopic (exact) mass is 343 g/mol. The van der Waals surface area contributed by atoms with Gasteiger partial charge in [-0.15, -0.1) is 12.4 Å². The lowest BCUT2D eigenvalue weighted by Gasteiger charge is -2.25.